The number of nitrogens with zero attached hydrogens (tertiary/aromatic N) is 1. The van der Waals surface area contributed by atoms with Crippen molar-refractivity contribution in [3.8, 4) is 10.4 Å². The number of anilines is 1. The third-order valence-electron chi connectivity index (χ3n) is 2.92. The summed E-state index contributed by atoms with van der Waals surface area (Å²) in [5.41, 5.74) is 5.66. The molecule has 0 radical (unpaired) electrons. The van der Waals surface area contributed by atoms with Crippen LogP contribution in [0.5, 0.6) is 0 Å². The second kappa shape index (κ2) is 4.49. The van der Waals surface area contributed by atoms with Crippen molar-refractivity contribution in [1.82, 2.24) is 4.98 Å². The van der Waals surface area contributed by atoms with Gasteiger partial charge in [-0.2, -0.15) is 13.2 Å². The van der Waals surface area contributed by atoms with Crippen LogP contribution in [0.15, 0.2) is 42.6 Å². The van der Waals surface area contributed by atoms with Gasteiger partial charge in [0.25, 0.3) is 0 Å². The van der Waals surface area contributed by atoms with Gasteiger partial charge in [-0.25, -0.2) is 4.98 Å². The average Bonchev–Trinajstić information content (AvgIpc) is 2.81. The molecular weight excluding hydrogens is 285 g/mol. The van der Waals surface area contributed by atoms with Crippen molar-refractivity contribution in [2.75, 3.05) is 5.73 Å². The van der Waals surface area contributed by atoms with Crippen LogP contribution in [-0.2, 0) is 6.18 Å². The number of hydrogen-bond donors (Lipinski definition) is 1. The molecule has 0 spiro atoms. The molecule has 0 unspecified atom stereocenters. The van der Waals surface area contributed by atoms with E-state index >= 15 is 0 Å². The van der Waals surface area contributed by atoms with Crippen molar-refractivity contribution < 1.29 is 13.2 Å². The largest absolute Gasteiger partial charge is 0.417 e. The van der Waals surface area contributed by atoms with Crippen LogP contribution in [-0.4, -0.2) is 4.98 Å². The van der Waals surface area contributed by atoms with Gasteiger partial charge in [0.1, 0.15) is 5.82 Å². The van der Waals surface area contributed by atoms with Gasteiger partial charge in [-0.15, -0.1) is 11.3 Å². The number of alkyl halides is 3. The Morgan fingerprint density at radius 3 is 2.55 bits per heavy atom. The van der Waals surface area contributed by atoms with Gasteiger partial charge in [-0.3, -0.25) is 0 Å². The SMILES string of the molecule is Nc1ccc(-c2cc3cccc(C(F)(F)F)c3s2)cn1. The highest BCUT2D eigenvalue weighted by Gasteiger charge is 2.33. The van der Waals surface area contributed by atoms with E-state index in [0.717, 1.165) is 27.8 Å². The first-order valence-corrected chi connectivity index (χ1v) is 6.58. The highest BCUT2D eigenvalue weighted by atomic mass is 32.1. The van der Waals surface area contributed by atoms with Crippen molar-refractivity contribution in [3.05, 3.63) is 48.2 Å². The maximum Gasteiger partial charge on any atom is 0.417 e. The second-order valence-electron chi connectivity index (χ2n) is 4.30. The Morgan fingerprint density at radius 1 is 1.10 bits per heavy atom. The zero-order valence-electron chi connectivity index (χ0n) is 10.1. The summed E-state index contributed by atoms with van der Waals surface area (Å²) in [5.74, 6) is 0.380. The summed E-state index contributed by atoms with van der Waals surface area (Å²) in [6.45, 7) is 0. The summed E-state index contributed by atoms with van der Waals surface area (Å²) in [4.78, 5) is 4.70. The molecule has 0 saturated carbocycles. The summed E-state index contributed by atoms with van der Waals surface area (Å²) in [7, 11) is 0. The monoisotopic (exact) mass is 294 g/mol. The molecule has 1 aromatic carbocycles. The number of pyridine rings is 1. The van der Waals surface area contributed by atoms with Crippen LogP contribution in [0.25, 0.3) is 20.5 Å². The van der Waals surface area contributed by atoms with Gasteiger partial charge in [0.05, 0.1) is 5.56 Å². The summed E-state index contributed by atoms with van der Waals surface area (Å²) >= 11 is 1.11. The maximum absolute atomic E-state index is 13.0. The average molecular weight is 294 g/mol. The Hall–Kier alpha value is -2.08. The van der Waals surface area contributed by atoms with Crippen LogP contribution < -0.4 is 5.73 Å². The lowest BCUT2D eigenvalue weighted by molar-refractivity contribution is -0.136. The van der Waals surface area contributed by atoms with E-state index in [9.17, 15) is 13.2 Å². The van der Waals surface area contributed by atoms with Gasteiger partial charge in [-0.05, 0) is 29.7 Å². The van der Waals surface area contributed by atoms with Gasteiger partial charge in [0.2, 0.25) is 0 Å². The molecular formula is C14H9F3N2S. The number of thiophene rings is 1. The summed E-state index contributed by atoms with van der Waals surface area (Å²) in [6.07, 6.45) is -2.78. The van der Waals surface area contributed by atoms with Crippen LogP contribution in [0.2, 0.25) is 0 Å². The van der Waals surface area contributed by atoms with Crippen molar-refractivity contribution in [2.45, 2.75) is 6.18 Å². The Balaban J connectivity index is 2.18. The highest BCUT2D eigenvalue weighted by Crippen LogP contribution is 2.41. The Morgan fingerprint density at radius 2 is 1.90 bits per heavy atom. The molecule has 102 valence electrons. The Kier molecular flexibility index (Phi) is 2.90. The molecule has 0 aliphatic carbocycles. The smallest absolute Gasteiger partial charge is 0.384 e. The number of nitrogen functional groups attached to an aromatic ring is 1. The van der Waals surface area contributed by atoms with Gasteiger partial charge < -0.3 is 5.73 Å². The van der Waals surface area contributed by atoms with E-state index in [4.69, 9.17) is 5.73 Å². The summed E-state index contributed by atoms with van der Waals surface area (Å²) in [6, 6.07) is 9.31. The fourth-order valence-corrected chi connectivity index (χ4v) is 3.16. The first-order chi connectivity index (χ1) is 9.45. The predicted octanol–water partition coefficient (Wildman–Crippen LogP) is 4.56. The Bertz CT molecular complexity index is 760. The lowest BCUT2D eigenvalue weighted by Crippen LogP contribution is -2.04. The first-order valence-electron chi connectivity index (χ1n) is 5.77. The van der Waals surface area contributed by atoms with Crippen LogP contribution in [0.3, 0.4) is 0 Å². The van der Waals surface area contributed by atoms with Crippen LogP contribution in [0.1, 0.15) is 5.56 Å². The summed E-state index contributed by atoms with van der Waals surface area (Å²) < 4.78 is 39.1. The minimum absolute atomic E-state index is 0.242. The van der Waals surface area contributed by atoms with Crippen molar-refractivity contribution in [1.29, 1.82) is 0 Å². The van der Waals surface area contributed by atoms with Crippen molar-refractivity contribution in [3.63, 3.8) is 0 Å². The van der Waals surface area contributed by atoms with Gasteiger partial charge in [0, 0.05) is 21.3 Å². The fourth-order valence-electron chi connectivity index (χ4n) is 1.98. The van der Waals surface area contributed by atoms with Gasteiger partial charge in [0.15, 0.2) is 0 Å². The molecule has 2 N–H and O–H groups in total. The molecule has 0 saturated heterocycles. The van der Waals surface area contributed by atoms with Crippen molar-refractivity contribution >= 4 is 27.2 Å². The zero-order chi connectivity index (χ0) is 14.3. The van der Waals surface area contributed by atoms with Crippen LogP contribution >= 0.6 is 11.3 Å². The molecule has 0 atom stereocenters. The minimum atomic E-state index is -4.35. The molecule has 0 aliphatic heterocycles. The standard InChI is InChI=1S/C14H9F3N2S/c15-14(16,17)10-3-1-2-8-6-11(20-13(8)10)9-4-5-12(18)19-7-9/h1-7H,(H2,18,19). The molecule has 6 heteroatoms. The third kappa shape index (κ3) is 2.22. The summed E-state index contributed by atoms with van der Waals surface area (Å²) in [5, 5.41) is 0.580. The molecule has 0 bridgehead atoms. The zero-order valence-corrected chi connectivity index (χ0v) is 10.9. The number of aromatic nitrogens is 1. The van der Waals surface area contributed by atoms with Gasteiger partial charge in [-0.1, -0.05) is 12.1 Å². The minimum Gasteiger partial charge on any atom is -0.384 e. The van der Waals surface area contributed by atoms with E-state index < -0.39 is 11.7 Å². The number of hydrogen-bond acceptors (Lipinski definition) is 3. The molecule has 3 rings (SSSR count). The molecule has 20 heavy (non-hydrogen) atoms. The number of nitrogens with two attached hydrogens (primary N) is 1. The number of fused-ring (bicyclic) bond motifs is 1. The Labute approximate surface area is 116 Å². The van der Waals surface area contributed by atoms with Crippen LogP contribution in [0.4, 0.5) is 19.0 Å². The number of benzene rings is 1. The van der Waals surface area contributed by atoms with E-state index in [0.29, 0.717) is 11.2 Å². The molecule has 2 aromatic heterocycles. The van der Waals surface area contributed by atoms with E-state index in [1.54, 1.807) is 30.5 Å². The third-order valence-corrected chi connectivity index (χ3v) is 4.15. The molecule has 3 aromatic rings. The quantitative estimate of drug-likeness (QED) is 0.714. The lowest BCUT2D eigenvalue weighted by atomic mass is 10.1. The molecule has 2 heterocycles. The number of rotatable bonds is 1. The lowest BCUT2D eigenvalue weighted by Gasteiger charge is -2.06. The predicted molar refractivity (Wildman–Crippen MR) is 74.5 cm³/mol. The van der Waals surface area contributed by atoms with E-state index in [-0.39, 0.29) is 4.70 Å². The fraction of sp³-hybridized carbons (Fsp3) is 0.0714. The van der Waals surface area contributed by atoms with E-state index in [1.165, 1.54) is 6.07 Å². The maximum atomic E-state index is 13.0. The molecule has 2 nitrogen and oxygen atoms in total. The van der Waals surface area contributed by atoms with Gasteiger partial charge >= 0.3 is 6.18 Å². The van der Waals surface area contributed by atoms with Crippen molar-refractivity contribution in [2.24, 2.45) is 0 Å². The molecule has 0 aliphatic rings. The van der Waals surface area contributed by atoms with E-state index in [2.05, 4.69) is 4.98 Å². The first kappa shape index (κ1) is 12.9. The normalized spacial score (nSPS) is 11.9. The highest BCUT2D eigenvalue weighted by molar-refractivity contribution is 7.22. The number of halogens is 3. The molecule has 0 amide bonds. The molecule has 0 fully saturated rings. The second-order valence-corrected chi connectivity index (χ2v) is 5.36. The van der Waals surface area contributed by atoms with E-state index in [1.807, 2.05) is 0 Å². The topological polar surface area (TPSA) is 38.9 Å². The van der Waals surface area contributed by atoms with Crippen LogP contribution in [0, 0.1) is 0 Å².